The summed E-state index contributed by atoms with van der Waals surface area (Å²) >= 11 is 0. The van der Waals surface area contributed by atoms with Crippen molar-refractivity contribution in [2.45, 2.75) is 13.8 Å². The van der Waals surface area contributed by atoms with Gasteiger partial charge in [0.1, 0.15) is 19.0 Å². The molecule has 0 aliphatic heterocycles. The van der Waals surface area contributed by atoms with Crippen molar-refractivity contribution in [2.24, 2.45) is 0 Å². The standard InChI is InChI=1S/C19H18N2O4/c1-12-9-13(2)11-14(10-12)24-7-8-25-19(23)17-15-5-3-4-6-16(15)18(22)21-20-17/h3-6,9-11H,7-8H2,1-2H3,(H,21,22). The number of aryl methyl sites for hydroxylation is 2. The van der Waals surface area contributed by atoms with Crippen LogP contribution in [-0.4, -0.2) is 29.4 Å². The predicted molar refractivity (Wildman–Crippen MR) is 94.1 cm³/mol. The first-order valence-electron chi connectivity index (χ1n) is 7.90. The Kier molecular flexibility index (Phi) is 4.79. The van der Waals surface area contributed by atoms with Crippen molar-refractivity contribution in [3.8, 4) is 5.75 Å². The van der Waals surface area contributed by atoms with E-state index >= 15 is 0 Å². The fraction of sp³-hybridized carbons (Fsp3) is 0.211. The fourth-order valence-electron chi connectivity index (χ4n) is 2.65. The third-order valence-electron chi connectivity index (χ3n) is 3.67. The summed E-state index contributed by atoms with van der Waals surface area (Å²) in [7, 11) is 0. The first-order valence-corrected chi connectivity index (χ1v) is 7.90. The second kappa shape index (κ2) is 7.17. The number of esters is 1. The van der Waals surface area contributed by atoms with Crippen LogP contribution in [0.5, 0.6) is 5.75 Å². The summed E-state index contributed by atoms with van der Waals surface area (Å²) in [6.07, 6.45) is 0. The highest BCUT2D eigenvalue weighted by Crippen LogP contribution is 2.16. The molecule has 0 atom stereocenters. The van der Waals surface area contributed by atoms with Crippen LogP contribution in [0.3, 0.4) is 0 Å². The SMILES string of the molecule is Cc1cc(C)cc(OCCOC(=O)c2n[nH]c(=O)c3ccccc23)c1. The number of carbonyl (C=O) groups is 1. The van der Waals surface area contributed by atoms with Crippen LogP contribution in [0.2, 0.25) is 0 Å². The molecule has 0 saturated heterocycles. The number of H-pyrrole nitrogens is 1. The van der Waals surface area contributed by atoms with E-state index < -0.39 is 5.97 Å². The van der Waals surface area contributed by atoms with E-state index in [0.29, 0.717) is 10.8 Å². The second-order valence-corrected chi connectivity index (χ2v) is 5.75. The molecule has 6 heteroatoms. The van der Waals surface area contributed by atoms with Gasteiger partial charge in [0.25, 0.3) is 5.56 Å². The molecular formula is C19H18N2O4. The third kappa shape index (κ3) is 3.85. The van der Waals surface area contributed by atoms with E-state index in [1.54, 1.807) is 24.3 Å². The molecule has 1 heterocycles. The maximum atomic E-state index is 12.2. The molecule has 0 radical (unpaired) electrons. The van der Waals surface area contributed by atoms with Crippen molar-refractivity contribution in [1.29, 1.82) is 0 Å². The molecule has 0 unspecified atom stereocenters. The van der Waals surface area contributed by atoms with Gasteiger partial charge in [-0.05, 0) is 43.2 Å². The Morgan fingerprint density at radius 2 is 1.72 bits per heavy atom. The van der Waals surface area contributed by atoms with Crippen molar-refractivity contribution < 1.29 is 14.3 Å². The highest BCUT2D eigenvalue weighted by molar-refractivity contribution is 6.01. The van der Waals surface area contributed by atoms with Gasteiger partial charge in [-0.15, -0.1) is 0 Å². The predicted octanol–water partition coefficient (Wildman–Crippen LogP) is 2.78. The largest absolute Gasteiger partial charge is 0.490 e. The lowest BCUT2D eigenvalue weighted by Gasteiger charge is -2.09. The topological polar surface area (TPSA) is 81.3 Å². The van der Waals surface area contributed by atoms with Gasteiger partial charge >= 0.3 is 5.97 Å². The van der Waals surface area contributed by atoms with Crippen LogP contribution >= 0.6 is 0 Å². The molecular weight excluding hydrogens is 320 g/mol. The minimum atomic E-state index is -0.600. The lowest BCUT2D eigenvalue weighted by atomic mass is 10.1. The van der Waals surface area contributed by atoms with Crippen molar-refractivity contribution in [1.82, 2.24) is 10.2 Å². The molecule has 0 amide bonds. The minimum absolute atomic E-state index is 0.0843. The second-order valence-electron chi connectivity index (χ2n) is 5.75. The fourth-order valence-corrected chi connectivity index (χ4v) is 2.65. The Morgan fingerprint density at radius 3 is 2.44 bits per heavy atom. The Balaban J connectivity index is 1.64. The molecule has 0 spiro atoms. The smallest absolute Gasteiger partial charge is 0.359 e. The van der Waals surface area contributed by atoms with Gasteiger partial charge in [-0.1, -0.05) is 24.3 Å². The number of rotatable bonds is 5. The van der Waals surface area contributed by atoms with E-state index in [2.05, 4.69) is 16.3 Å². The number of hydrogen-bond donors (Lipinski definition) is 1. The van der Waals surface area contributed by atoms with E-state index in [-0.39, 0.29) is 24.5 Å². The van der Waals surface area contributed by atoms with Crippen LogP contribution in [0.15, 0.2) is 47.3 Å². The first-order chi connectivity index (χ1) is 12.0. The monoisotopic (exact) mass is 338 g/mol. The molecule has 3 aromatic rings. The molecule has 25 heavy (non-hydrogen) atoms. The van der Waals surface area contributed by atoms with E-state index in [1.807, 2.05) is 26.0 Å². The third-order valence-corrected chi connectivity index (χ3v) is 3.67. The molecule has 1 N–H and O–H groups in total. The van der Waals surface area contributed by atoms with Crippen LogP contribution < -0.4 is 10.3 Å². The Labute approximate surface area is 144 Å². The number of benzene rings is 2. The number of aromatic amines is 1. The van der Waals surface area contributed by atoms with Crippen molar-refractivity contribution in [2.75, 3.05) is 13.2 Å². The lowest BCUT2D eigenvalue weighted by molar-refractivity contribution is 0.0445. The summed E-state index contributed by atoms with van der Waals surface area (Å²) < 4.78 is 10.8. The number of hydrogen-bond acceptors (Lipinski definition) is 5. The molecule has 3 rings (SSSR count). The van der Waals surface area contributed by atoms with Gasteiger partial charge in [0.15, 0.2) is 5.69 Å². The summed E-state index contributed by atoms with van der Waals surface area (Å²) in [4.78, 5) is 24.0. The Morgan fingerprint density at radius 1 is 1.04 bits per heavy atom. The number of ether oxygens (including phenoxy) is 2. The summed E-state index contributed by atoms with van der Waals surface area (Å²) in [5, 5.41) is 6.99. The zero-order valence-electron chi connectivity index (χ0n) is 14.0. The van der Waals surface area contributed by atoms with E-state index in [9.17, 15) is 9.59 Å². The Bertz CT molecular complexity index is 958. The average molecular weight is 338 g/mol. The van der Waals surface area contributed by atoms with E-state index in [0.717, 1.165) is 16.9 Å². The zero-order valence-corrected chi connectivity index (χ0v) is 14.0. The van der Waals surface area contributed by atoms with E-state index in [4.69, 9.17) is 9.47 Å². The van der Waals surface area contributed by atoms with Gasteiger partial charge in [0.2, 0.25) is 0 Å². The summed E-state index contributed by atoms with van der Waals surface area (Å²) in [6.45, 7) is 4.30. The van der Waals surface area contributed by atoms with Gasteiger partial charge in [-0.3, -0.25) is 4.79 Å². The van der Waals surface area contributed by atoms with Crippen molar-refractivity contribution in [3.63, 3.8) is 0 Å². The molecule has 6 nitrogen and oxygen atoms in total. The summed E-state index contributed by atoms with van der Waals surface area (Å²) in [5.41, 5.74) is 1.96. The molecule has 1 aromatic heterocycles. The number of aromatic nitrogens is 2. The molecule has 0 saturated carbocycles. The molecule has 0 aliphatic rings. The number of carbonyl (C=O) groups excluding carboxylic acids is 1. The van der Waals surface area contributed by atoms with Crippen molar-refractivity contribution >= 4 is 16.7 Å². The zero-order chi connectivity index (χ0) is 17.8. The van der Waals surface area contributed by atoms with Crippen LogP contribution in [-0.2, 0) is 4.74 Å². The lowest BCUT2D eigenvalue weighted by Crippen LogP contribution is -2.18. The quantitative estimate of drug-likeness (QED) is 0.571. The molecule has 0 bridgehead atoms. The van der Waals surface area contributed by atoms with Crippen LogP contribution in [0.1, 0.15) is 21.6 Å². The molecule has 0 fully saturated rings. The Hall–Kier alpha value is -3.15. The molecule has 128 valence electrons. The van der Waals surface area contributed by atoms with Crippen LogP contribution in [0.4, 0.5) is 0 Å². The summed E-state index contributed by atoms with van der Waals surface area (Å²) in [6, 6.07) is 12.7. The van der Waals surface area contributed by atoms with Gasteiger partial charge in [0, 0.05) is 5.39 Å². The summed E-state index contributed by atoms with van der Waals surface area (Å²) in [5.74, 6) is 0.137. The number of fused-ring (bicyclic) bond motifs is 1. The maximum absolute atomic E-state index is 12.2. The highest BCUT2D eigenvalue weighted by atomic mass is 16.6. The van der Waals surface area contributed by atoms with Gasteiger partial charge in [0.05, 0.1) is 5.39 Å². The minimum Gasteiger partial charge on any atom is -0.490 e. The van der Waals surface area contributed by atoms with Crippen LogP contribution in [0, 0.1) is 13.8 Å². The average Bonchev–Trinajstić information content (AvgIpc) is 2.58. The van der Waals surface area contributed by atoms with Crippen LogP contribution in [0.25, 0.3) is 10.8 Å². The van der Waals surface area contributed by atoms with Gasteiger partial charge in [-0.2, -0.15) is 5.10 Å². The number of nitrogens with zero attached hydrogens (tertiary/aromatic N) is 1. The maximum Gasteiger partial charge on any atom is 0.359 e. The normalized spacial score (nSPS) is 10.6. The number of nitrogens with one attached hydrogen (secondary N) is 1. The van der Waals surface area contributed by atoms with Gasteiger partial charge in [-0.25, -0.2) is 9.89 Å². The van der Waals surface area contributed by atoms with Gasteiger partial charge < -0.3 is 9.47 Å². The first kappa shape index (κ1) is 16.7. The molecule has 0 aliphatic carbocycles. The van der Waals surface area contributed by atoms with Crippen molar-refractivity contribution in [3.05, 3.63) is 69.6 Å². The van der Waals surface area contributed by atoms with E-state index in [1.165, 1.54) is 0 Å². The molecule has 2 aromatic carbocycles. The highest BCUT2D eigenvalue weighted by Gasteiger charge is 2.15.